The highest BCUT2D eigenvalue weighted by Gasteiger charge is 2.01. The Morgan fingerprint density at radius 3 is 2.86 bits per heavy atom. The quantitative estimate of drug-likeness (QED) is 0.600. The number of benzene rings is 1. The molecule has 1 rings (SSSR count). The van der Waals surface area contributed by atoms with E-state index in [0.717, 1.165) is 24.4 Å². The number of nitrogens with one attached hydrogen (secondary N) is 1. The van der Waals surface area contributed by atoms with Gasteiger partial charge in [0.15, 0.2) is 0 Å². The van der Waals surface area contributed by atoms with Crippen LogP contribution in [-0.2, 0) is 0 Å². The molecule has 1 N–H and O–H groups in total. The molecule has 0 aromatic heterocycles. The summed E-state index contributed by atoms with van der Waals surface area (Å²) in [6.45, 7) is 2.94. The van der Waals surface area contributed by atoms with E-state index in [1.165, 1.54) is 5.56 Å². The minimum Gasteiger partial charge on any atom is -0.495 e. The van der Waals surface area contributed by atoms with Crippen molar-refractivity contribution < 1.29 is 4.74 Å². The van der Waals surface area contributed by atoms with E-state index in [0.29, 0.717) is 5.88 Å². The van der Waals surface area contributed by atoms with Gasteiger partial charge < -0.3 is 10.1 Å². The second kappa shape index (κ2) is 5.76. The lowest BCUT2D eigenvalue weighted by atomic mass is 10.2. The number of halogens is 1. The molecule has 0 aliphatic rings. The van der Waals surface area contributed by atoms with E-state index in [2.05, 4.69) is 18.3 Å². The van der Waals surface area contributed by atoms with Gasteiger partial charge in [-0.3, -0.25) is 0 Å². The predicted octanol–water partition coefficient (Wildman–Crippen LogP) is 3.04. The summed E-state index contributed by atoms with van der Waals surface area (Å²) in [4.78, 5) is 0. The summed E-state index contributed by atoms with van der Waals surface area (Å²) in [5.41, 5.74) is 2.26. The molecule has 3 heteroatoms. The molecule has 2 nitrogen and oxygen atoms in total. The Hall–Kier alpha value is -0.890. The highest BCUT2D eigenvalue weighted by atomic mass is 35.5. The van der Waals surface area contributed by atoms with E-state index >= 15 is 0 Å². The fraction of sp³-hybridized carbons (Fsp3) is 0.455. The Morgan fingerprint density at radius 1 is 1.43 bits per heavy atom. The molecule has 0 aliphatic carbocycles. The van der Waals surface area contributed by atoms with Gasteiger partial charge in [-0.05, 0) is 31.0 Å². The van der Waals surface area contributed by atoms with Crippen LogP contribution < -0.4 is 10.1 Å². The van der Waals surface area contributed by atoms with Crippen LogP contribution in [0.15, 0.2) is 18.2 Å². The van der Waals surface area contributed by atoms with Gasteiger partial charge >= 0.3 is 0 Å². The number of hydrogen-bond acceptors (Lipinski definition) is 2. The van der Waals surface area contributed by atoms with Crippen LogP contribution in [0.25, 0.3) is 0 Å². The molecule has 1 aromatic rings. The number of ether oxygens (including phenoxy) is 1. The molecular formula is C11H16ClNO. The topological polar surface area (TPSA) is 21.3 Å². The second-order valence-electron chi connectivity index (χ2n) is 3.17. The summed E-state index contributed by atoms with van der Waals surface area (Å²) in [5, 5.41) is 3.30. The molecule has 0 fully saturated rings. The fourth-order valence-electron chi connectivity index (χ4n) is 1.25. The molecule has 0 spiro atoms. The van der Waals surface area contributed by atoms with Crippen molar-refractivity contribution in [1.29, 1.82) is 0 Å². The van der Waals surface area contributed by atoms with Crippen LogP contribution in [-0.4, -0.2) is 19.5 Å². The zero-order chi connectivity index (χ0) is 10.4. The van der Waals surface area contributed by atoms with Crippen molar-refractivity contribution in [3.63, 3.8) is 0 Å². The van der Waals surface area contributed by atoms with Crippen LogP contribution in [0.1, 0.15) is 12.0 Å². The van der Waals surface area contributed by atoms with Gasteiger partial charge in [-0.1, -0.05) is 6.07 Å². The lowest BCUT2D eigenvalue weighted by Gasteiger charge is -2.11. The van der Waals surface area contributed by atoms with Crippen molar-refractivity contribution in [3.8, 4) is 5.75 Å². The monoisotopic (exact) mass is 213 g/mol. The Bertz CT molecular complexity index is 289. The van der Waals surface area contributed by atoms with Gasteiger partial charge in [0.05, 0.1) is 12.8 Å². The van der Waals surface area contributed by atoms with Crippen LogP contribution in [0, 0.1) is 6.92 Å². The van der Waals surface area contributed by atoms with E-state index in [-0.39, 0.29) is 0 Å². The highest BCUT2D eigenvalue weighted by Crippen LogP contribution is 2.24. The Kier molecular flexibility index (Phi) is 4.60. The first kappa shape index (κ1) is 11.2. The summed E-state index contributed by atoms with van der Waals surface area (Å²) < 4.78 is 5.24. The van der Waals surface area contributed by atoms with Gasteiger partial charge in [0.2, 0.25) is 0 Å². The largest absolute Gasteiger partial charge is 0.495 e. The number of methoxy groups -OCH3 is 1. The Labute approximate surface area is 90.2 Å². The van der Waals surface area contributed by atoms with E-state index in [9.17, 15) is 0 Å². The molecule has 14 heavy (non-hydrogen) atoms. The van der Waals surface area contributed by atoms with Gasteiger partial charge in [-0.15, -0.1) is 11.6 Å². The van der Waals surface area contributed by atoms with Crippen molar-refractivity contribution in [1.82, 2.24) is 0 Å². The molecule has 78 valence electrons. The number of aryl methyl sites for hydroxylation is 1. The highest BCUT2D eigenvalue weighted by molar-refractivity contribution is 6.17. The van der Waals surface area contributed by atoms with E-state index in [1.54, 1.807) is 7.11 Å². The van der Waals surface area contributed by atoms with Crippen LogP contribution in [0.5, 0.6) is 5.75 Å². The average molecular weight is 214 g/mol. The molecular weight excluding hydrogens is 198 g/mol. The maximum atomic E-state index is 5.60. The van der Waals surface area contributed by atoms with Gasteiger partial charge in [-0.2, -0.15) is 0 Å². The number of anilines is 1. The standard InChI is InChI=1S/C11H16ClNO/c1-9-4-5-11(14-2)10(8-9)13-7-3-6-12/h4-5,8,13H,3,6-7H2,1-2H3. The lowest BCUT2D eigenvalue weighted by Crippen LogP contribution is -2.03. The molecule has 0 atom stereocenters. The van der Waals surface area contributed by atoms with E-state index < -0.39 is 0 Å². The molecule has 0 amide bonds. The average Bonchev–Trinajstić information content (AvgIpc) is 2.19. The van der Waals surface area contributed by atoms with Gasteiger partial charge in [0, 0.05) is 12.4 Å². The maximum absolute atomic E-state index is 5.60. The third-order valence-corrected chi connectivity index (χ3v) is 2.25. The molecule has 1 aromatic carbocycles. The van der Waals surface area contributed by atoms with Crippen molar-refractivity contribution >= 4 is 17.3 Å². The third-order valence-electron chi connectivity index (χ3n) is 1.98. The first-order valence-corrected chi connectivity index (χ1v) is 5.26. The molecule has 0 saturated heterocycles. The van der Waals surface area contributed by atoms with Crippen LogP contribution in [0.2, 0.25) is 0 Å². The van der Waals surface area contributed by atoms with E-state index in [1.807, 2.05) is 12.1 Å². The smallest absolute Gasteiger partial charge is 0.141 e. The zero-order valence-electron chi connectivity index (χ0n) is 8.64. The van der Waals surface area contributed by atoms with Gasteiger partial charge in [-0.25, -0.2) is 0 Å². The van der Waals surface area contributed by atoms with Crippen LogP contribution in [0.4, 0.5) is 5.69 Å². The van der Waals surface area contributed by atoms with Crippen molar-refractivity contribution in [2.24, 2.45) is 0 Å². The first-order valence-electron chi connectivity index (χ1n) is 4.72. The van der Waals surface area contributed by atoms with Gasteiger partial charge in [0.1, 0.15) is 5.75 Å². The normalized spacial score (nSPS) is 9.93. The molecule has 0 heterocycles. The number of alkyl halides is 1. The summed E-state index contributed by atoms with van der Waals surface area (Å²) in [6, 6.07) is 6.08. The maximum Gasteiger partial charge on any atom is 0.141 e. The predicted molar refractivity (Wildman–Crippen MR) is 61.6 cm³/mol. The number of hydrogen-bond donors (Lipinski definition) is 1. The second-order valence-corrected chi connectivity index (χ2v) is 3.55. The summed E-state index contributed by atoms with van der Waals surface area (Å²) >= 11 is 5.60. The first-order chi connectivity index (χ1) is 6.77. The summed E-state index contributed by atoms with van der Waals surface area (Å²) in [7, 11) is 1.68. The minimum absolute atomic E-state index is 0.682. The Balaban J connectivity index is 2.67. The van der Waals surface area contributed by atoms with Crippen molar-refractivity contribution in [2.75, 3.05) is 24.9 Å². The lowest BCUT2D eigenvalue weighted by molar-refractivity contribution is 0.416. The molecule has 0 aliphatic heterocycles. The van der Waals surface area contributed by atoms with Crippen molar-refractivity contribution in [3.05, 3.63) is 23.8 Å². The molecule has 0 bridgehead atoms. The van der Waals surface area contributed by atoms with Gasteiger partial charge in [0.25, 0.3) is 0 Å². The minimum atomic E-state index is 0.682. The van der Waals surface area contributed by atoms with Crippen molar-refractivity contribution in [2.45, 2.75) is 13.3 Å². The Morgan fingerprint density at radius 2 is 2.21 bits per heavy atom. The van der Waals surface area contributed by atoms with E-state index in [4.69, 9.17) is 16.3 Å². The SMILES string of the molecule is COc1ccc(C)cc1NCCCCl. The summed E-state index contributed by atoms with van der Waals surface area (Å²) in [5.74, 6) is 1.56. The van der Waals surface area contributed by atoms with Crippen LogP contribution in [0.3, 0.4) is 0 Å². The summed E-state index contributed by atoms with van der Waals surface area (Å²) in [6.07, 6.45) is 0.957. The van der Waals surface area contributed by atoms with Crippen LogP contribution >= 0.6 is 11.6 Å². The fourth-order valence-corrected chi connectivity index (χ4v) is 1.38. The zero-order valence-corrected chi connectivity index (χ0v) is 9.40. The molecule has 0 radical (unpaired) electrons. The number of rotatable bonds is 5. The third kappa shape index (κ3) is 3.11. The molecule has 0 unspecified atom stereocenters. The molecule has 0 saturated carbocycles.